The zero-order valence-corrected chi connectivity index (χ0v) is 11.0. The van der Waals surface area contributed by atoms with Crippen LogP contribution in [0.25, 0.3) is 0 Å². The highest BCUT2D eigenvalue weighted by Gasteiger charge is 2.36. The normalized spacial score (nSPS) is 37.4. The van der Waals surface area contributed by atoms with E-state index in [0.717, 1.165) is 6.42 Å². The number of likely N-dealkylation sites (tertiary alicyclic amines) is 1. The molecule has 0 amide bonds. The molecular weight excluding hydrogens is 256 g/mol. The van der Waals surface area contributed by atoms with E-state index in [1.807, 2.05) is 4.90 Å². The van der Waals surface area contributed by atoms with E-state index in [9.17, 15) is 24.1 Å². The molecule has 3 N–H and O–H groups in total. The minimum atomic E-state index is -2.49. The van der Waals surface area contributed by atoms with E-state index in [4.69, 9.17) is 0 Å². The first kappa shape index (κ1) is 15.1. The van der Waals surface area contributed by atoms with Gasteiger partial charge in [0.05, 0.1) is 12.2 Å². The summed E-state index contributed by atoms with van der Waals surface area (Å²) in [6.07, 6.45) is -1.08. The van der Waals surface area contributed by atoms with E-state index >= 15 is 0 Å². The van der Waals surface area contributed by atoms with Crippen molar-refractivity contribution in [3.05, 3.63) is 0 Å². The Morgan fingerprint density at radius 2 is 1.53 bits per heavy atom. The number of rotatable bonds is 3. The molecule has 2 fully saturated rings. The van der Waals surface area contributed by atoms with Gasteiger partial charge in [-0.2, -0.15) is 0 Å². The zero-order chi connectivity index (χ0) is 14.0. The van der Waals surface area contributed by atoms with Gasteiger partial charge in [-0.3, -0.25) is 4.90 Å². The molecule has 0 aromatic rings. The van der Waals surface area contributed by atoms with Crippen molar-refractivity contribution in [2.75, 3.05) is 19.6 Å². The SMILES string of the molecule is OC1CN(CCC2CCC(F)(F)CC2)CC(O)C1O. The predicted octanol–water partition coefficient (Wildman–Crippen LogP) is 0.600. The summed E-state index contributed by atoms with van der Waals surface area (Å²) in [5.41, 5.74) is 0. The number of aliphatic hydroxyl groups is 3. The van der Waals surface area contributed by atoms with Crippen LogP contribution in [0.5, 0.6) is 0 Å². The largest absolute Gasteiger partial charge is 0.389 e. The van der Waals surface area contributed by atoms with E-state index in [-0.39, 0.29) is 12.8 Å². The topological polar surface area (TPSA) is 63.9 Å². The summed E-state index contributed by atoms with van der Waals surface area (Å²) in [7, 11) is 0. The highest BCUT2D eigenvalue weighted by atomic mass is 19.3. The van der Waals surface area contributed by atoms with Gasteiger partial charge in [-0.1, -0.05) is 0 Å². The highest BCUT2D eigenvalue weighted by molar-refractivity contribution is 4.87. The van der Waals surface area contributed by atoms with E-state index in [2.05, 4.69) is 0 Å². The summed E-state index contributed by atoms with van der Waals surface area (Å²) >= 11 is 0. The van der Waals surface area contributed by atoms with Gasteiger partial charge in [0.15, 0.2) is 0 Å². The number of hydrogen-bond acceptors (Lipinski definition) is 4. The molecule has 1 saturated heterocycles. The third-order valence-electron chi connectivity index (χ3n) is 4.37. The van der Waals surface area contributed by atoms with E-state index < -0.39 is 24.2 Å². The Balaban J connectivity index is 1.71. The van der Waals surface area contributed by atoms with Crippen molar-refractivity contribution in [1.82, 2.24) is 4.90 Å². The Kier molecular flexibility index (Phi) is 4.76. The monoisotopic (exact) mass is 279 g/mol. The molecule has 0 bridgehead atoms. The van der Waals surface area contributed by atoms with Crippen LogP contribution >= 0.6 is 0 Å². The van der Waals surface area contributed by atoms with Gasteiger partial charge in [-0.05, 0) is 31.7 Å². The fourth-order valence-corrected chi connectivity index (χ4v) is 3.01. The summed E-state index contributed by atoms with van der Waals surface area (Å²) in [6, 6.07) is 0. The second-order valence-electron chi connectivity index (χ2n) is 5.97. The number of nitrogens with zero attached hydrogens (tertiary/aromatic N) is 1. The van der Waals surface area contributed by atoms with Gasteiger partial charge in [-0.25, -0.2) is 8.78 Å². The van der Waals surface area contributed by atoms with Crippen LogP contribution in [-0.2, 0) is 0 Å². The summed E-state index contributed by atoms with van der Waals surface area (Å²) in [5.74, 6) is -2.18. The van der Waals surface area contributed by atoms with Crippen LogP contribution in [0, 0.1) is 5.92 Å². The molecule has 2 unspecified atom stereocenters. The Morgan fingerprint density at radius 1 is 1.00 bits per heavy atom. The van der Waals surface area contributed by atoms with Crippen molar-refractivity contribution in [2.45, 2.75) is 56.3 Å². The summed E-state index contributed by atoms with van der Waals surface area (Å²) in [5, 5.41) is 28.6. The average Bonchev–Trinajstić information content (AvgIpc) is 2.34. The maximum Gasteiger partial charge on any atom is 0.248 e. The van der Waals surface area contributed by atoms with Crippen molar-refractivity contribution < 1.29 is 24.1 Å². The minimum Gasteiger partial charge on any atom is -0.389 e. The van der Waals surface area contributed by atoms with Gasteiger partial charge in [0.1, 0.15) is 6.10 Å². The predicted molar refractivity (Wildman–Crippen MR) is 66.0 cm³/mol. The van der Waals surface area contributed by atoms with E-state index in [1.165, 1.54) is 0 Å². The molecule has 1 saturated carbocycles. The van der Waals surface area contributed by atoms with Gasteiger partial charge >= 0.3 is 0 Å². The molecule has 2 atom stereocenters. The van der Waals surface area contributed by atoms with Crippen molar-refractivity contribution >= 4 is 0 Å². The van der Waals surface area contributed by atoms with Gasteiger partial charge in [-0.15, -0.1) is 0 Å². The van der Waals surface area contributed by atoms with Crippen molar-refractivity contribution in [1.29, 1.82) is 0 Å². The maximum absolute atomic E-state index is 13.0. The van der Waals surface area contributed by atoms with Crippen LogP contribution in [0.3, 0.4) is 0 Å². The van der Waals surface area contributed by atoms with Crippen LogP contribution in [0.2, 0.25) is 0 Å². The van der Waals surface area contributed by atoms with Crippen LogP contribution in [-0.4, -0.2) is 64.1 Å². The summed E-state index contributed by atoms with van der Waals surface area (Å²) in [4.78, 5) is 1.90. The fraction of sp³-hybridized carbons (Fsp3) is 1.00. The second-order valence-corrected chi connectivity index (χ2v) is 5.97. The lowest BCUT2D eigenvalue weighted by molar-refractivity contribution is -0.111. The maximum atomic E-state index is 13.0. The number of piperidine rings is 1. The average molecular weight is 279 g/mol. The fourth-order valence-electron chi connectivity index (χ4n) is 3.01. The molecular formula is C13H23F2NO3. The van der Waals surface area contributed by atoms with Gasteiger partial charge in [0.2, 0.25) is 5.92 Å². The number of halogens is 2. The number of hydrogen-bond donors (Lipinski definition) is 3. The van der Waals surface area contributed by atoms with Crippen molar-refractivity contribution in [3.63, 3.8) is 0 Å². The molecule has 0 aromatic carbocycles. The molecule has 1 aliphatic heterocycles. The lowest BCUT2D eigenvalue weighted by Gasteiger charge is -2.38. The van der Waals surface area contributed by atoms with Crippen LogP contribution in [0.15, 0.2) is 0 Å². The van der Waals surface area contributed by atoms with E-state index in [0.29, 0.717) is 38.4 Å². The standard InChI is InChI=1S/C13H23F2NO3/c14-13(15)4-1-9(2-5-13)3-6-16-7-10(17)12(19)11(18)8-16/h9-12,17-19H,1-8H2. The van der Waals surface area contributed by atoms with Gasteiger partial charge in [0.25, 0.3) is 0 Å². The summed E-state index contributed by atoms with van der Waals surface area (Å²) < 4.78 is 26.0. The number of β-amino-alcohol motifs (C(OH)–C–C–N with tert-alkyl or cyclic N) is 2. The molecule has 0 spiro atoms. The molecule has 2 aliphatic rings. The lowest BCUT2D eigenvalue weighted by Crippen LogP contribution is -2.55. The second kappa shape index (κ2) is 5.99. The number of aliphatic hydroxyl groups excluding tert-OH is 3. The Hall–Kier alpha value is -0.300. The van der Waals surface area contributed by atoms with Crippen molar-refractivity contribution in [3.8, 4) is 0 Å². The van der Waals surface area contributed by atoms with Gasteiger partial charge < -0.3 is 15.3 Å². The molecule has 6 heteroatoms. The highest BCUT2D eigenvalue weighted by Crippen LogP contribution is 2.37. The lowest BCUT2D eigenvalue weighted by atomic mass is 9.84. The Morgan fingerprint density at radius 3 is 2.05 bits per heavy atom. The third-order valence-corrected chi connectivity index (χ3v) is 4.37. The molecule has 2 rings (SSSR count). The molecule has 19 heavy (non-hydrogen) atoms. The Labute approximate surface area is 112 Å². The molecule has 4 nitrogen and oxygen atoms in total. The smallest absolute Gasteiger partial charge is 0.248 e. The zero-order valence-electron chi connectivity index (χ0n) is 11.0. The first-order valence-electron chi connectivity index (χ1n) is 7.02. The third kappa shape index (κ3) is 4.08. The Bertz CT molecular complexity index is 282. The first-order valence-corrected chi connectivity index (χ1v) is 7.02. The van der Waals surface area contributed by atoms with Crippen LogP contribution < -0.4 is 0 Å². The van der Waals surface area contributed by atoms with E-state index in [1.54, 1.807) is 0 Å². The summed E-state index contributed by atoms with van der Waals surface area (Å²) in [6.45, 7) is 1.35. The molecule has 0 radical (unpaired) electrons. The molecule has 0 aromatic heterocycles. The van der Waals surface area contributed by atoms with Crippen LogP contribution in [0.4, 0.5) is 8.78 Å². The molecule has 112 valence electrons. The molecule has 1 aliphatic carbocycles. The molecule has 1 heterocycles. The van der Waals surface area contributed by atoms with Gasteiger partial charge in [0, 0.05) is 25.9 Å². The minimum absolute atomic E-state index is 0.0262. The van der Waals surface area contributed by atoms with Crippen LogP contribution in [0.1, 0.15) is 32.1 Å². The number of alkyl halides is 2. The van der Waals surface area contributed by atoms with Crippen molar-refractivity contribution in [2.24, 2.45) is 5.92 Å². The quantitative estimate of drug-likeness (QED) is 0.708. The first-order chi connectivity index (χ1) is 8.87.